The quantitative estimate of drug-likeness (QED) is 0.170. The molecule has 2 unspecified atom stereocenters. The van der Waals surface area contributed by atoms with Gasteiger partial charge in [0.25, 0.3) is 5.69 Å². The van der Waals surface area contributed by atoms with Gasteiger partial charge in [-0.15, -0.1) is 12.4 Å². The fourth-order valence-corrected chi connectivity index (χ4v) is 5.12. The van der Waals surface area contributed by atoms with Crippen LogP contribution in [0.3, 0.4) is 0 Å². The Labute approximate surface area is 255 Å². The number of nitrogens with zero attached hydrogens (tertiary/aromatic N) is 2. The average Bonchev–Trinajstić information content (AvgIpc) is 2.97. The minimum absolute atomic E-state index is 0. The predicted molar refractivity (Wildman–Crippen MR) is 162 cm³/mol. The maximum atomic E-state index is 14.0. The SMILES string of the molecule is COC(=O)C1=C(C)NC(C)=C(C(=O)OC(CN(C)Cc2ccccc2)c2ccc(F)cc2)C1c1cccc([N+](=O)[O-])c1.Cl. The molecule has 1 aliphatic heterocycles. The second-order valence-corrected chi connectivity index (χ2v) is 10.1. The molecule has 0 aromatic heterocycles. The molecule has 1 N–H and O–H groups in total. The zero-order valence-corrected chi connectivity index (χ0v) is 25.0. The van der Waals surface area contributed by atoms with Gasteiger partial charge in [0.1, 0.15) is 11.9 Å². The van der Waals surface area contributed by atoms with Crippen LogP contribution in [0, 0.1) is 15.9 Å². The van der Waals surface area contributed by atoms with Gasteiger partial charge in [-0.25, -0.2) is 14.0 Å². The molecule has 2 atom stereocenters. The molecule has 1 heterocycles. The molecule has 0 aliphatic carbocycles. The van der Waals surface area contributed by atoms with Crippen molar-refractivity contribution in [3.05, 3.63) is 134 Å². The number of likely N-dealkylation sites (N-methyl/N-ethyl adjacent to an activating group) is 1. The van der Waals surface area contributed by atoms with Crippen molar-refractivity contribution in [1.29, 1.82) is 0 Å². The number of halogens is 2. The third kappa shape index (κ3) is 7.85. The van der Waals surface area contributed by atoms with Crippen LogP contribution < -0.4 is 5.32 Å². The zero-order chi connectivity index (χ0) is 30.4. The summed E-state index contributed by atoms with van der Waals surface area (Å²) in [4.78, 5) is 40.0. The van der Waals surface area contributed by atoms with Gasteiger partial charge < -0.3 is 14.8 Å². The lowest BCUT2D eigenvalue weighted by Crippen LogP contribution is -2.34. The minimum Gasteiger partial charge on any atom is -0.466 e. The van der Waals surface area contributed by atoms with Crippen molar-refractivity contribution in [2.45, 2.75) is 32.4 Å². The van der Waals surface area contributed by atoms with E-state index in [2.05, 4.69) is 5.32 Å². The van der Waals surface area contributed by atoms with E-state index in [0.717, 1.165) is 5.56 Å². The highest BCUT2D eigenvalue weighted by molar-refractivity contribution is 6.00. The number of esters is 2. The fourth-order valence-electron chi connectivity index (χ4n) is 5.12. The van der Waals surface area contributed by atoms with Crippen LogP contribution in [0.25, 0.3) is 0 Å². The van der Waals surface area contributed by atoms with Crippen molar-refractivity contribution >= 4 is 30.0 Å². The Hall–Kier alpha value is -4.54. The van der Waals surface area contributed by atoms with Crippen LogP contribution in [0.4, 0.5) is 10.1 Å². The lowest BCUT2D eigenvalue weighted by atomic mass is 9.80. The van der Waals surface area contributed by atoms with E-state index in [1.54, 1.807) is 32.0 Å². The number of nitrogens with one attached hydrogen (secondary N) is 1. The molecule has 226 valence electrons. The van der Waals surface area contributed by atoms with Crippen molar-refractivity contribution in [2.24, 2.45) is 0 Å². The van der Waals surface area contributed by atoms with Crippen molar-refractivity contribution in [3.8, 4) is 0 Å². The number of nitro groups is 1. The average molecular weight is 610 g/mol. The van der Waals surface area contributed by atoms with E-state index in [9.17, 15) is 24.1 Å². The Morgan fingerprint density at radius 1 is 0.977 bits per heavy atom. The van der Waals surface area contributed by atoms with Crippen LogP contribution in [0.1, 0.15) is 42.6 Å². The lowest BCUT2D eigenvalue weighted by Gasteiger charge is -2.32. The fraction of sp³-hybridized carbons (Fsp3) is 0.250. The van der Waals surface area contributed by atoms with E-state index >= 15 is 0 Å². The van der Waals surface area contributed by atoms with E-state index in [4.69, 9.17) is 9.47 Å². The standard InChI is InChI=1S/C32H32FN3O6.ClH/c1-20-28(31(37)41-4)30(24-11-8-12-26(17-24)36(39)40)29(21(2)34-20)32(38)42-27(23-13-15-25(33)16-14-23)19-35(3)18-22-9-6-5-7-10-22;/h5-17,27,30,34H,18-19H2,1-4H3;1H. The van der Waals surface area contributed by atoms with Crippen LogP contribution >= 0.6 is 12.4 Å². The number of non-ortho nitro benzene ring substituents is 1. The summed E-state index contributed by atoms with van der Waals surface area (Å²) in [6, 6.07) is 21.3. The predicted octanol–water partition coefficient (Wildman–Crippen LogP) is 5.98. The number of benzene rings is 3. The summed E-state index contributed by atoms with van der Waals surface area (Å²) >= 11 is 0. The number of dihydropyridines is 1. The number of methoxy groups -OCH3 is 1. The summed E-state index contributed by atoms with van der Waals surface area (Å²) in [5.74, 6) is -2.84. The van der Waals surface area contributed by atoms with E-state index in [1.165, 1.54) is 37.4 Å². The highest BCUT2D eigenvalue weighted by Gasteiger charge is 2.39. The Morgan fingerprint density at radius 3 is 2.21 bits per heavy atom. The number of hydrogen-bond donors (Lipinski definition) is 1. The van der Waals surface area contributed by atoms with Crippen molar-refractivity contribution < 1.29 is 28.4 Å². The molecule has 43 heavy (non-hydrogen) atoms. The third-order valence-electron chi connectivity index (χ3n) is 7.06. The number of carbonyl (C=O) groups excluding carboxylic acids is 2. The molecule has 0 bridgehead atoms. The van der Waals surface area contributed by atoms with Gasteiger partial charge in [0, 0.05) is 36.6 Å². The van der Waals surface area contributed by atoms with Crippen molar-refractivity contribution in [2.75, 3.05) is 20.7 Å². The van der Waals surface area contributed by atoms with Gasteiger partial charge in [0.2, 0.25) is 0 Å². The maximum Gasteiger partial charge on any atom is 0.337 e. The second kappa shape index (κ2) is 14.6. The molecule has 0 fully saturated rings. The molecule has 9 nitrogen and oxygen atoms in total. The smallest absolute Gasteiger partial charge is 0.337 e. The van der Waals surface area contributed by atoms with E-state index < -0.39 is 34.7 Å². The summed E-state index contributed by atoms with van der Waals surface area (Å²) in [5.41, 5.74) is 2.93. The molecule has 11 heteroatoms. The monoisotopic (exact) mass is 609 g/mol. The van der Waals surface area contributed by atoms with Gasteiger partial charge in [0.15, 0.2) is 0 Å². The number of nitro benzene ring substituents is 1. The lowest BCUT2D eigenvalue weighted by molar-refractivity contribution is -0.384. The third-order valence-corrected chi connectivity index (χ3v) is 7.06. The zero-order valence-electron chi connectivity index (χ0n) is 24.2. The summed E-state index contributed by atoms with van der Waals surface area (Å²) in [7, 11) is 3.11. The summed E-state index contributed by atoms with van der Waals surface area (Å²) in [6.45, 7) is 4.20. The molecule has 1 aliphatic rings. The molecule has 0 radical (unpaired) electrons. The summed E-state index contributed by atoms with van der Waals surface area (Å²) < 4.78 is 24.9. The van der Waals surface area contributed by atoms with Crippen LogP contribution in [0.2, 0.25) is 0 Å². The first-order valence-electron chi connectivity index (χ1n) is 13.3. The number of ether oxygens (including phenoxy) is 2. The van der Waals surface area contributed by atoms with Crippen LogP contribution in [0.15, 0.2) is 101 Å². The van der Waals surface area contributed by atoms with Gasteiger partial charge in [-0.3, -0.25) is 15.0 Å². The van der Waals surface area contributed by atoms with Gasteiger partial charge in [-0.1, -0.05) is 54.6 Å². The molecule has 0 spiro atoms. The normalized spacial score (nSPS) is 15.3. The van der Waals surface area contributed by atoms with E-state index in [0.29, 0.717) is 29.1 Å². The first kappa shape index (κ1) is 33.0. The highest BCUT2D eigenvalue weighted by atomic mass is 35.5. The Bertz CT molecular complexity index is 1540. The van der Waals surface area contributed by atoms with E-state index in [-0.39, 0.29) is 35.8 Å². The molecular weight excluding hydrogens is 577 g/mol. The van der Waals surface area contributed by atoms with Gasteiger partial charge >= 0.3 is 11.9 Å². The van der Waals surface area contributed by atoms with Gasteiger partial charge in [0.05, 0.1) is 29.1 Å². The number of rotatable bonds is 10. The van der Waals surface area contributed by atoms with Gasteiger partial charge in [-0.2, -0.15) is 0 Å². The van der Waals surface area contributed by atoms with Crippen LogP contribution in [-0.2, 0) is 25.6 Å². The first-order chi connectivity index (χ1) is 20.1. The molecule has 3 aromatic carbocycles. The highest BCUT2D eigenvalue weighted by Crippen LogP contribution is 2.40. The van der Waals surface area contributed by atoms with Crippen LogP contribution in [0.5, 0.6) is 0 Å². The van der Waals surface area contributed by atoms with E-state index in [1.807, 2.05) is 42.3 Å². The minimum atomic E-state index is -0.998. The Kier molecular flexibility index (Phi) is 11.2. The molecule has 3 aromatic rings. The topological polar surface area (TPSA) is 111 Å². The molecule has 0 saturated heterocycles. The van der Waals surface area contributed by atoms with Gasteiger partial charge in [-0.05, 0) is 49.7 Å². The number of allylic oxidation sites excluding steroid dienone is 2. The van der Waals surface area contributed by atoms with Crippen LogP contribution in [-0.4, -0.2) is 42.5 Å². The number of carbonyl (C=O) groups is 2. The molecule has 4 rings (SSSR count). The summed E-state index contributed by atoms with van der Waals surface area (Å²) in [5, 5.41) is 14.6. The summed E-state index contributed by atoms with van der Waals surface area (Å²) in [6.07, 6.45) is -0.800. The maximum absolute atomic E-state index is 14.0. The largest absolute Gasteiger partial charge is 0.466 e. The van der Waals surface area contributed by atoms with Crippen molar-refractivity contribution in [1.82, 2.24) is 10.2 Å². The second-order valence-electron chi connectivity index (χ2n) is 10.1. The van der Waals surface area contributed by atoms with Crippen molar-refractivity contribution in [3.63, 3.8) is 0 Å². The molecule has 0 amide bonds. The Morgan fingerprint density at radius 2 is 1.60 bits per heavy atom. The Balaban J connectivity index is 0.00000506. The number of hydrogen-bond acceptors (Lipinski definition) is 8. The molecule has 0 saturated carbocycles. The first-order valence-corrected chi connectivity index (χ1v) is 13.3. The molecular formula is C32H33ClFN3O6.